The lowest BCUT2D eigenvalue weighted by molar-refractivity contribution is -0.194. The van der Waals surface area contributed by atoms with E-state index in [0.717, 1.165) is 11.1 Å². The van der Waals surface area contributed by atoms with Crippen molar-refractivity contribution in [2.24, 2.45) is 5.92 Å². The molecular weight excluding hydrogens is 394 g/mol. The fourth-order valence-electron chi connectivity index (χ4n) is 3.60. The molecule has 0 heterocycles. The van der Waals surface area contributed by atoms with Crippen LogP contribution >= 0.6 is 0 Å². The molecule has 1 aliphatic rings. The summed E-state index contributed by atoms with van der Waals surface area (Å²) in [4.78, 5) is 12.9. The van der Waals surface area contributed by atoms with E-state index in [1.807, 2.05) is 37.3 Å². The maximum atomic E-state index is 15.0. The topological polar surface area (TPSA) is 43.4 Å². The summed E-state index contributed by atoms with van der Waals surface area (Å²) in [6.45, 7) is 3.36. The Morgan fingerprint density at radius 2 is 1.76 bits per heavy atom. The van der Waals surface area contributed by atoms with Gasteiger partial charge in [0.15, 0.2) is 6.10 Å². The molecule has 0 amide bonds. The number of aryl methyl sites for hydroxylation is 2. The predicted octanol–water partition coefficient (Wildman–Crippen LogP) is 5.08. The van der Waals surface area contributed by atoms with Crippen molar-refractivity contribution in [3.63, 3.8) is 0 Å². The molecule has 2 aromatic carbocycles. The molecular formula is C23H26F2O3S. The summed E-state index contributed by atoms with van der Waals surface area (Å²) in [7, 11) is -1.68. The third-order valence-electron chi connectivity index (χ3n) is 5.51. The molecule has 4 atom stereocenters. The molecule has 3 rings (SSSR count). The maximum Gasteiger partial charge on any atom is 0.306 e. The Morgan fingerprint density at radius 1 is 1.10 bits per heavy atom. The molecule has 0 spiro atoms. The maximum absolute atomic E-state index is 15.0. The zero-order valence-electron chi connectivity index (χ0n) is 16.6. The van der Waals surface area contributed by atoms with Gasteiger partial charge in [-0.25, -0.2) is 8.78 Å². The van der Waals surface area contributed by atoms with Crippen LogP contribution in [-0.2, 0) is 26.8 Å². The van der Waals surface area contributed by atoms with Crippen LogP contribution in [-0.4, -0.2) is 27.5 Å². The highest BCUT2D eigenvalue weighted by molar-refractivity contribution is 7.85. The van der Waals surface area contributed by atoms with Gasteiger partial charge in [-0.1, -0.05) is 55.0 Å². The summed E-state index contributed by atoms with van der Waals surface area (Å²) < 4.78 is 48.3. The summed E-state index contributed by atoms with van der Waals surface area (Å²) in [6, 6.07) is 16.3. The number of alkyl halides is 2. The highest BCUT2D eigenvalue weighted by Gasteiger charge is 2.55. The molecule has 1 aliphatic carbocycles. The van der Waals surface area contributed by atoms with Gasteiger partial charge in [0.05, 0.1) is 16.0 Å². The molecule has 1 fully saturated rings. The predicted molar refractivity (Wildman–Crippen MR) is 109 cm³/mol. The lowest BCUT2D eigenvalue weighted by atomic mass is 9.84. The summed E-state index contributed by atoms with van der Waals surface area (Å²) in [5.74, 6) is -4.83. The second kappa shape index (κ2) is 9.16. The quantitative estimate of drug-likeness (QED) is 0.612. The Morgan fingerprint density at radius 3 is 2.41 bits per heavy atom. The molecule has 0 radical (unpaired) electrons. The molecule has 0 saturated heterocycles. The molecule has 0 N–H and O–H groups in total. The number of ether oxygens (including phenoxy) is 1. The average molecular weight is 421 g/mol. The van der Waals surface area contributed by atoms with Crippen LogP contribution in [0.4, 0.5) is 8.78 Å². The second-order valence-corrected chi connectivity index (χ2v) is 9.37. The molecule has 0 aromatic heterocycles. The van der Waals surface area contributed by atoms with Crippen LogP contribution in [0.1, 0.15) is 37.3 Å². The van der Waals surface area contributed by atoms with E-state index < -0.39 is 40.0 Å². The van der Waals surface area contributed by atoms with E-state index in [1.54, 1.807) is 24.3 Å². The van der Waals surface area contributed by atoms with E-state index in [0.29, 0.717) is 17.7 Å². The van der Waals surface area contributed by atoms with Crippen molar-refractivity contribution >= 4 is 16.8 Å². The van der Waals surface area contributed by atoms with Crippen molar-refractivity contribution < 1.29 is 22.5 Å². The van der Waals surface area contributed by atoms with Gasteiger partial charge in [-0.2, -0.15) is 0 Å². The van der Waals surface area contributed by atoms with Crippen molar-refractivity contribution in [2.45, 2.75) is 61.7 Å². The highest BCUT2D eigenvalue weighted by Crippen LogP contribution is 2.43. The molecule has 6 heteroatoms. The van der Waals surface area contributed by atoms with Gasteiger partial charge in [0.25, 0.3) is 5.92 Å². The van der Waals surface area contributed by atoms with Crippen LogP contribution in [0.25, 0.3) is 0 Å². The lowest BCUT2D eigenvalue weighted by Gasteiger charge is -2.40. The zero-order valence-corrected chi connectivity index (χ0v) is 17.5. The van der Waals surface area contributed by atoms with Crippen molar-refractivity contribution in [2.75, 3.05) is 0 Å². The van der Waals surface area contributed by atoms with Gasteiger partial charge in [-0.15, -0.1) is 0 Å². The number of esters is 1. The SMILES string of the molecule is Cc1ccc([S@](=O)[C@H]2CC[C@@H](C)C(F)(F)[C@@H]2OC(=O)CCc2ccccc2)cc1. The van der Waals surface area contributed by atoms with Gasteiger partial charge in [0.2, 0.25) is 0 Å². The van der Waals surface area contributed by atoms with Crippen molar-refractivity contribution in [1.82, 2.24) is 0 Å². The molecule has 0 unspecified atom stereocenters. The van der Waals surface area contributed by atoms with Crippen LogP contribution in [0.5, 0.6) is 0 Å². The standard InChI is InChI=1S/C23H26F2O3S/c1-16-8-12-19(13-9-16)29(27)20-14-10-17(2)23(24,25)22(20)28-21(26)15-11-18-6-4-3-5-7-18/h3-9,12-13,17,20,22H,10-11,14-15H2,1-2H3/t17-,20+,22-,29+/m1/s1. The normalized spacial score (nSPS) is 24.6. The Labute approximate surface area is 172 Å². The first kappa shape index (κ1) is 21.6. The van der Waals surface area contributed by atoms with Gasteiger partial charge >= 0.3 is 5.97 Å². The van der Waals surface area contributed by atoms with E-state index in [1.165, 1.54) is 6.92 Å². The largest absolute Gasteiger partial charge is 0.455 e. The molecule has 156 valence electrons. The molecule has 2 aromatic rings. The number of halogens is 2. The number of hydrogen-bond acceptors (Lipinski definition) is 3. The van der Waals surface area contributed by atoms with Crippen LogP contribution in [0.2, 0.25) is 0 Å². The minimum absolute atomic E-state index is 0.00879. The number of hydrogen-bond donors (Lipinski definition) is 0. The number of rotatable bonds is 6. The zero-order chi connectivity index (χ0) is 21.0. The van der Waals surface area contributed by atoms with Crippen LogP contribution < -0.4 is 0 Å². The Hall–Kier alpha value is -2.08. The van der Waals surface area contributed by atoms with Gasteiger partial charge < -0.3 is 4.74 Å². The first-order valence-electron chi connectivity index (χ1n) is 9.87. The summed E-state index contributed by atoms with van der Waals surface area (Å²) in [5, 5.41) is -0.926. The van der Waals surface area contributed by atoms with Gasteiger partial charge in [-0.3, -0.25) is 9.00 Å². The minimum atomic E-state index is -3.22. The minimum Gasteiger partial charge on any atom is -0.455 e. The van der Waals surface area contributed by atoms with E-state index in [4.69, 9.17) is 4.74 Å². The Balaban J connectivity index is 1.75. The van der Waals surface area contributed by atoms with Crippen LogP contribution in [0.15, 0.2) is 59.5 Å². The smallest absolute Gasteiger partial charge is 0.306 e. The Bertz CT molecular complexity index is 852. The monoisotopic (exact) mass is 420 g/mol. The number of carbonyl (C=O) groups is 1. The van der Waals surface area contributed by atoms with E-state index in [2.05, 4.69) is 0 Å². The van der Waals surface area contributed by atoms with Gasteiger partial charge in [-0.05, 0) is 43.9 Å². The van der Waals surface area contributed by atoms with E-state index >= 15 is 0 Å². The van der Waals surface area contributed by atoms with Crippen molar-refractivity contribution in [3.8, 4) is 0 Å². The van der Waals surface area contributed by atoms with Crippen molar-refractivity contribution in [3.05, 3.63) is 65.7 Å². The van der Waals surface area contributed by atoms with Gasteiger partial charge in [0.1, 0.15) is 0 Å². The van der Waals surface area contributed by atoms with Gasteiger partial charge in [0, 0.05) is 17.2 Å². The highest BCUT2D eigenvalue weighted by atomic mass is 32.2. The fraction of sp³-hybridized carbons (Fsp3) is 0.435. The second-order valence-electron chi connectivity index (χ2n) is 7.70. The lowest BCUT2D eigenvalue weighted by Crippen LogP contribution is -2.54. The molecule has 0 aliphatic heterocycles. The summed E-state index contributed by atoms with van der Waals surface area (Å²) in [6.07, 6.45) is -0.688. The van der Waals surface area contributed by atoms with Crippen molar-refractivity contribution in [1.29, 1.82) is 0 Å². The van der Waals surface area contributed by atoms with Crippen LogP contribution in [0, 0.1) is 12.8 Å². The number of benzene rings is 2. The molecule has 3 nitrogen and oxygen atoms in total. The summed E-state index contributed by atoms with van der Waals surface area (Å²) in [5.41, 5.74) is 1.94. The summed E-state index contributed by atoms with van der Waals surface area (Å²) >= 11 is 0. The third kappa shape index (κ3) is 5.10. The average Bonchev–Trinajstić information content (AvgIpc) is 2.71. The first-order chi connectivity index (χ1) is 13.8. The first-order valence-corrected chi connectivity index (χ1v) is 11.1. The molecule has 1 saturated carbocycles. The Kier molecular flexibility index (Phi) is 6.83. The van der Waals surface area contributed by atoms with Crippen LogP contribution in [0.3, 0.4) is 0 Å². The van der Waals surface area contributed by atoms with E-state index in [9.17, 15) is 17.8 Å². The molecule has 29 heavy (non-hydrogen) atoms. The molecule has 0 bridgehead atoms. The fourth-order valence-corrected chi connectivity index (χ4v) is 5.16. The third-order valence-corrected chi connectivity index (χ3v) is 7.28. The number of carbonyl (C=O) groups excluding carboxylic acids is 1. The van der Waals surface area contributed by atoms with E-state index in [-0.39, 0.29) is 12.8 Å².